The van der Waals surface area contributed by atoms with Gasteiger partial charge in [0.2, 0.25) is 10.0 Å². The van der Waals surface area contributed by atoms with Crippen LogP contribution in [0.15, 0.2) is 23.1 Å². The normalized spacial score (nSPS) is 12.8. The molecule has 1 rings (SSSR count). The molecule has 0 spiro atoms. The van der Waals surface area contributed by atoms with Gasteiger partial charge in [-0.3, -0.25) is 9.59 Å². The highest BCUT2D eigenvalue weighted by Gasteiger charge is 2.30. The van der Waals surface area contributed by atoms with Gasteiger partial charge in [-0.15, -0.1) is 0 Å². The number of carbonyl (C=O) groups is 2. The maximum absolute atomic E-state index is 12.5. The van der Waals surface area contributed by atoms with Crippen molar-refractivity contribution in [2.24, 2.45) is 5.92 Å². The fourth-order valence-electron chi connectivity index (χ4n) is 1.87. The largest absolute Gasteiger partial charge is 0.454 e. The standard InChI is InChI=1S/C16H24N2O5S/c1-10(2)15(16(20)23-9-14(19)17-5)18-24(21,22)13-7-6-11(3)12(4)8-13/h6-8,10,15,18H,9H2,1-5H3,(H,17,19)/t15-/m1/s1. The van der Waals surface area contributed by atoms with Crippen molar-refractivity contribution in [1.82, 2.24) is 10.0 Å². The van der Waals surface area contributed by atoms with Gasteiger partial charge in [-0.25, -0.2) is 8.42 Å². The monoisotopic (exact) mass is 356 g/mol. The third kappa shape index (κ3) is 5.31. The Morgan fingerprint density at radius 3 is 2.29 bits per heavy atom. The van der Waals surface area contributed by atoms with Gasteiger partial charge in [-0.2, -0.15) is 4.72 Å². The summed E-state index contributed by atoms with van der Waals surface area (Å²) in [6.45, 7) is 6.62. The average Bonchev–Trinajstić information content (AvgIpc) is 2.52. The number of amides is 1. The Morgan fingerprint density at radius 1 is 1.17 bits per heavy atom. The summed E-state index contributed by atoms with van der Waals surface area (Å²) in [7, 11) is -2.47. The van der Waals surface area contributed by atoms with Crippen molar-refractivity contribution in [2.45, 2.75) is 38.6 Å². The zero-order valence-corrected chi connectivity index (χ0v) is 15.4. The molecule has 0 saturated heterocycles. The minimum absolute atomic E-state index is 0.0790. The van der Waals surface area contributed by atoms with Crippen LogP contribution in [0.4, 0.5) is 0 Å². The SMILES string of the molecule is CNC(=O)COC(=O)[C@H](NS(=O)(=O)c1ccc(C)c(C)c1)C(C)C. The zero-order valence-electron chi connectivity index (χ0n) is 14.5. The molecule has 0 aliphatic carbocycles. The molecule has 0 heterocycles. The number of hydrogen-bond donors (Lipinski definition) is 2. The Labute approximate surface area is 142 Å². The molecule has 1 aromatic carbocycles. The fraction of sp³-hybridized carbons (Fsp3) is 0.500. The second kappa shape index (κ2) is 8.25. The van der Waals surface area contributed by atoms with Crippen LogP contribution < -0.4 is 10.0 Å². The number of ether oxygens (including phenoxy) is 1. The van der Waals surface area contributed by atoms with Gasteiger partial charge in [-0.05, 0) is 43.0 Å². The Balaban J connectivity index is 2.95. The minimum Gasteiger partial charge on any atom is -0.454 e. The first-order valence-electron chi connectivity index (χ1n) is 7.55. The molecule has 0 aliphatic heterocycles. The molecular formula is C16H24N2O5S. The first-order valence-corrected chi connectivity index (χ1v) is 9.03. The van der Waals surface area contributed by atoms with Crippen molar-refractivity contribution >= 4 is 21.9 Å². The molecule has 134 valence electrons. The Kier molecular flexibility index (Phi) is 6.92. The van der Waals surface area contributed by atoms with Gasteiger partial charge in [-0.1, -0.05) is 19.9 Å². The molecule has 1 amide bonds. The summed E-state index contributed by atoms with van der Waals surface area (Å²) >= 11 is 0. The number of nitrogens with one attached hydrogen (secondary N) is 2. The van der Waals surface area contributed by atoms with Crippen LogP contribution in [0.1, 0.15) is 25.0 Å². The number of hydrogen-bond acceptors (Lipinski definition) is 5. The van der Waals surface area contributed by atoms with Crippen LogP contribution in [0.5, 0.6) is 0 Å². The van der Waals surface area contributed by atoms with E-state index in [1.54, 1.807) is 26.0 Å². The molecule has 7 nitrogen and oxygen atoms in total. The second-order valence-corrected chi connectivity index (χ2v) is 7.58. The van der Waals surface area contributed by atoms with Crippen molar-refractivity contribution in [3.63, 3.8) is 0 Å². The van der Waals surface area contributed by atoms with E-state index in [1.807, 2.05) is 13.8 Å². The molecule has 0 aromatic heterocycles. The van der Waals surface area contributed by atoms with Crippen LogP contribution in [-0.2, 0) is 24.3 Å². The van der Waals surface area contributed by atoms with E-state index < -0.39 is 34.5 Å². The lowest BCUT2D eigenvalue weighted by molar-refractivity contribution is -0.151. The van der Waals surface area contributed by atoms with E-state index in [-0.39, 0.29) is 10.8 Å². The van der Waals surface area contributed by atoms with Gasteiger partial charge in [0.15, 0.2) is 6.61 Å². The summed E-state index contributed by atoms with van der Waals surface area (Å²) < 4.78 is 32.3. The van der Waals surface area contributed by atoms with Gasteiger partial charge in [0, 0.05) is 7.05 Å². The van der Waals surface area contributed by atoms with E-state index in [2.05, 4.69) is 10.0 Å². The molecular weight excluding hydrogens is 332 g/mol. The van der Waals surface area contributed by atoms with Gasteiger partial charge in [0.1, 0.15) is 6.04 Å². The summed E-state index contributed by atoms with van der Waals surface area (Å²) in [6.07, 6.45) is 0. The molecule has 0 unspecified atom stereocenters. The van der Waals surface area contributed by atoms with Gasteiger partial charge in [0.25, 0.3) is 5.91 Å². The lowest BCUT2D eigenvalue weighted by Gasteiger charge is -2.21. The minimum atomic E-state index is -3.88. The number of carbonyl (C=O) groups excluding carboxylic acids is 2. The average molecular weight is 356 g/mol. The molecule has 0 aliphatic rings. The van der Waals surface area contributed by atoms with Crippen LogP contribution in [0.25, 0.3) is 0 Å². The van der Waals surface area contributed by atoms with E-state index >= 15 is 0 Å². The van der Waals surface area contributed by atoms with E-state index in [0.29, 0.717) is 0 Å². The molecule has 0 saturated carbocycles. The quantitative estimate of drug-likeness (QED) is 0.707. The van der Waals surface area contributed by atoms with Crippen molar-refractivity contribution in [3.8, 4) is 0 Å². The molecule has 0 bridgehead atoms. The van der Waals surface area contributed by atoms with Crippen molar-refractivity contribution < 1.29 is 22.7 Å². The number of aryl methyl sites for hydroxylation is 2. The summed E-state index contributed by atoms with van der Waals surface area (Å²) in [4.78, 5) is 23.3. The highest BCUT2D eigenvalue weighted by molar-refractivity contribution is 7.89. The summed E-state index contributed by atoms with van der Waals surface area (Å²) in [5.74, 6) is -1.60. The van der Waals surface area contributed by atoms with Crippen molar-refractivity contribution in [3.05, 3.63) is 29.3 Å². The first kappa shape index (κ1) is 20.1. The number of benzene rings is 1. The predicted octanol–water partition coefficient (Wildman–Crippen LogP) is 0.896. The molecule has 1 atom stereocenters. The maximum atomic E-state index is 12.5. The Morgan fingerprint density at radius 2 is 1.79 bits per heavy atom. The molecule has 0 radical (unpaired) electrons. The van der Waals surface area contributed by atoms with Crippen LogP contribution in [0.2, 0.25) is 0 Å². The van der Waals surface area contributed by atoms with Crippen LogP contribution in [0.3, 0.4) is 0 Å². The molecule has 1 aromatic rings. The third-order valence-electron chi connectivity index (χ3n) is 3.62. The highest BCUT2D eigenvalue weighted by Crippen LogP contribution is 2.16. The van der Waals surface area contributed by atoms with Crippen LogP contribution >= 0.6 is 0 Å². The molecule has 8 heteroatoms. The van der Waals surface area contributed by atoms with Gasteiger partial charge >= 0.3 is 5.97 Å². The predicted molar refractivity (Wildman–Crippen MR) is 89.9 cm³/mol. The number of likely N-dealkylation sites (N-methyl/N-ethyl adjacent to an activating group) is 1. The Hall–Kier alpha value is -1.93. The topological polar surface area (TPSA) is 102 Å². The zero-order chi connectivity index (χ0) is 18.5. The summed E-state index contributed by atoms with van der Waals surface area (Å²) in [5.41, 5.74) is 1.81. The fourth-order valence-corrected chi connectivity index (χ4v) is 3.29. The smallest absolute Gasteiger partial charge is 0.324 e. The first-order chi connectivity index (χ1) is 11.1. The van der Waals surface area contributed by atoms with Gasteiger partial charge in [0.05, 0.1) is 4.90 Å². The third-order valence-corrected chi connectivity index (χ3v) is 5.05. The summed E-state index contributed by atoms with van der Waals surface area (Å²) in [5, 5.41) is 2.32. The van der Waals surface area contributed by atoms with Crippen molar-refractivity contribution in [1.29, 1.82) is 0 Å². The molecule has 24 heavy (non-hydrogen) atoms. The van der Waals surface area contributed by atoms with Crippen LogP contribution in [-0.4, -0.2) is 40.0 Å². The number of rotatable bonds is 7. The number of esters is 1. The summed E-state index contributed by atoms with van der Waals surface area (Å²) in [6, 6.07) is 3.65. The second-order valence-electron chi connectivity index (χ2n) is 5.87. The molecule has 0 fully saturated rings. The van der Waals surface area contributed by atoms with Crippen LogP contribution in [0, 0.1) is 19.8 Å². The van der Waals surface area contributed by atoms with Crippen molar-refractivity contribution in [2.75, 3.05) is 13.7 Å². The van der Waals surface area contributed by atoms with E-state index in [1.165, 1.54) is 13.1 Å². The molecule has 2 N–H and O–H groups in total. The lowest BCUT2D eigenvalue weighted by atomic mass is 10.1. The van der Waals surface area contributed by atoms with E-state index in [9.17, 15) is 18.0 Å². The number of sulfonamides is 1. The highest BCUT2D eigenvalue weighted by atomic mass is 32.2. The maximum Gasteiger partial charge on any atom is 0.324 e. The van der Waals surface area contributed by atoms with Gasteiger partial charge < -0.3 is 10.1 Å². The van der Waals surface area contributed by atoms with E-state index in [0.717, 1.165) is 11.1 Å². The lowest BCUT2D eigenvalue weighted by Crippen LogP contribution is -2.46. The van der Waals surface area contributed by atoms with E-state index in [4.69, 9.17) is 4.74 Å². The Bertz CT molecular complexity index is 713.